The van der Waals surface area contributed by atoms with E-state index < -0.39 is 5.82 Å². The third-order valence-corrected chi connectivity index (χ3v) is 4.31. The zero-order valence-electron chi connectivity index (χ0n) is 15.8. The first-order chi connectivity index (χ1) is 14.2. The molecule has 2 heterocycles. The third kappa shape index (κ3) is 3.75. The van der Waals surface area contributed by atoms with E-state index >= 15 is 0 Å². The number of azo groups is 1. The molecule has 0 atom stereocenters. The smallest absolute Gasteiger partial charge is 0.188 e. The summed E-state index contributed by atoms with van der Waals surface area (Å²) < 4.78 is 26.0. The van der Waals surface area contributed by atoms with Gasteiger partial charge in [0.15, 0.2) is 11.5 Å². The fourth-order valence-electron chi connectivity index (χ4n) is 2.80. The van der Waals surface area contributed by atoms with Crippen LogP contribution in [-0.2, 0) is 6.54 Å². The maximum absolute atomic E-state index is 14.0. The summed E-state index contributed by atoms with van der Waals surface area (Å²) in [4.78, 5) is 8.47. The Morgan fingerprint density at radius 1 is 1.03 bits per heavy atom. The fraction of sp³-hybridized carbons (Fsp3) is 0.150. The molecule has 0 aliphatic rings. The van der Waals surface area contributed by atoms with E-state index in [2.05, 4.69) is 25.3 Å². The van der Waals surface area contributed by atoms with Crippen LogP contribution < -0.4 is 9.47 Å². The first kappa shape index (κ1) is 18.5. The standard InChI is InChI=1S/C20H17FN6O2/c1-28-15-5-3-4-14(8-15)27-20-17(11-25-27)19(22-12-23-20)26-24-10-13-6-7-16(29-2)9-18(13)21/h3-9,11-12H,10H2,1-2H3. The van der Waals surface area contributed by atoms with Crippen molar-refractivity contribution in [2.24, 2.45) is 10.2 Å². The molecule has 0 fully saturated rings. The average molecular weight is 392 g/mol. The van der Waals surface area contributed by atoms with Crippen LogP contribution in [0.2, 0.25) is 0 Å². The van der Waals surface area contributed by atoms with E-state index in [1.807, 2.05) is 24.3 Å². The van der Waals surface area contributed by atoms with Gasteiger partial charge in [-0.3, -0.25) is 0 Å². The minimum atomic E-state index is -0.401. The third-order valence-electron chi connectivity index (χ3n) is 4.31. The Kier molecular flexibility index (Phi) is 5.10. The predicted octanol–water partition coefficient (Wildman–Crippen LogP) is 4.26. The van der Waals surface area contributed by atoms with E-state index in [0.717, 1.165) is 5.69 Å². The van der Waals surface area contributed by atoms with Gasteiger partial charge in [-0.05, 0) is 18.2 Å². The summed E-state index contributed by atoms with van der Waals surface area (Å²) in [6.45, 7) is 0.0747. The summed E-state index contributed by atoms with van der Waals surface area (Å²) >= 11 is 0. The summed E-state index contributed by atoms with van der Waals surface area (Å²) in [6, 6.07) is 12.1. The second kappa shape index (κ2) is 8.01. The highest BCUT2D eigenvalue weighted by atomic mass is 19.1. The second-order valence-electron chi connectivity index (χ2n) is 6.05. The van der Waals surface area contributed by atoms with Crippen molar-refractivity contribution in [1.82, 2.24) is 19.7 Å². The maximum atomic E-state index is 14.0. The van der Waals surface area contributed by atoms with Gasteiger partial charge in [0.1, 0.15) is 23.6 Å². The molecule has 0 spiro atoms. The van der Waals surface area contributed by atoms with Crippen molar-refractivity contribution < 1.29 is 13.9 Å². The van der Waals surface area contributed by atoms with Gasteiger partial charge < -0.3 is 9.47 Å². The first-order valence-corrected chi connectivity index (χ1v) is 8.72. The molecule has 0 saturated carbocycles. The van der Waals surface area contributed by atoms with Gasteiger partial charge in [0, 0.05) is 17.7 Å². The first-order valence-electron chi connectivity index (χ1n) is 8.72. The molecule has 0 radical (unpaired) electrons. The molecular weight excluding hydrogens is 375 g/mol. The normalized spacial score (nSPS) is 11.3. The number of nitrogens with zero attached hydrogens (tertiary/aromatic N) is 6. The second-order valence-corrected chi connectivity index (χ2v) is 6.05. The van der Waals surface area contributed by atoms with Crippen LogP contribution in [0.3, 0.4) is 0 Å². The van der Waals surface area contributed by atoms with Crippen molar-refractivity contribution in [2.45, 2.75) is 6.54 Å². The number of fused-ring (bicyclic) bond motifs is 1. The topological polar surface area (TPSA) is 86.8 Å². The van der Waals surface area contributed by atoms with Crippen LogP contribution in [0.5, 0.6) is 11.5 Å². The minimum Gasteiger partial charge on any atom is -0.497 e. The molecule has 2 aromatic carbocycles. The van der Waals surface area contributed by atoms with Crippen molar-refractivity contribution in [3.63, 3.8) is 0 Å². The number of benzene rings is 2. The fourth-order valence-corrected chi connectivity index (χ4v) is 2.80. The number of rotatable bonds is 6. The molecule has 0 aliphatic heterocycles. The molecule has 0 saturated heterocycles. The Bertz CT molecular complexity index is 1190. The Morgan fingerprint density at radius 3 is 2.66 bits per heavy atom. The number of hydrogen-bond donors (Lipinski definition) is 0. The molecule has 9 heteroatoms. The molecular formula is C20H17FN6O2. The van der Waals surface area contributed by atoms with E-state index in [9.17, 15) is 4.39 Å². The lowest BCUT2D eigenvalue weighted by Crippen LogP contribution is -1.98. The number of ether oxygens (including phenoxy) is 2. The molecule has 0 amide bonds. The van der Waals surface area contributed by atoms with E-state index in [1.54, 1.807) is 30.1 Å². The summed E-state index contributed by atoms with van der Waals surface area (Å²) in [5, 5.41) is 13.3. The van der Waals surface area contributed by atoms with E-state index in [1.165, 1.54) is 19.5 Å². The minimum absolute atomic E-state index is 0.0747. The predicted molar refractivity (Wildman–Crippen MR) is 104 cm³/mol. The quantitative estimate of drug-likeness (QED) is 0.458. The Hall–Kier alpha value is -3.88. The number of aromatic nitrogens is 4. The van der Waals surface area contributed by atoms with Crippen LogP contribution in [0, 0.1) is 5.82 Å². The molecule has 0 unspecified atom stereocenters. The Labute approximate surface area is 165 Å². The number of hydrogen-bond acceptors (Lipinski definition) is 7. The lowest BCUT2D eigenvalue weighted by Gasteiger charge is -2.05. The lowest BCUT2D eigenvalue weighted by molar-refractivity contribution is 0.410. The van der Waals surface area contributed by atoms with Crippen molar-refractivity contribution in [3.8, 4) is 17.2 Å². The van der Waals surface area contributed by atoms with Gasteiger partial charge in [-0.25, -0.2) is 19.0 Å². The van der Waals surface area contributed by atoms with E-state index in [-0.39, 0.29) is 6.54 Å². The molecule has 29 heavy (non-hydrogen) atoms. The van der Waals surface area contributed by atoms with Gasteiger partial charge in [0.25, 0.3) is 0 Å². The van der Waals surface area contributed by atoms with Crippen LogP contribution in [0.1, 0.15) is 5.56 Å². The van der Waals surface area contributed by atoms with Crippen molar-refractivity contribution in [2.75, 3.05) is 14.2 Å². The SMILES string of the molecule is COc1cccc(-n2ncc3c(N=NCc4ccc(OC)cc4F)ncnc32)c1. The maximum Gasteiger partial charge on any atom is 0.188 e. The summed E-state index contributed by atoms with van der Waals surface area (Å²) in [7, 11) is 3.09. The summed E-state index contributed by atoms with van der Waals surface area (Å²) in [6.07, 6.45) is 3.01. The van der Waals surface area contributed by atoms with Gasteiger partial charge >= 0.3 is 0 Å². The van der Waals surface area contributed by atoms with Crippen molar-refractivity contribution in [3.05, 3.63) is 66.4 Å². The molecule has 8 nitrogen and oxygen atoms in total. The van der Waals surface area contributed by atoms with Gasteiger partial charge in [0.05, 0.1) is 38.0 Å². The average Bonchev–Trinajstić information content (AvgIpc) is 3.20. The monoisotopic (exact) mass is 392 g/mol. The molecule has 2 aromatic heterocycles. The number of methoxy groups -OCH3 is 2. The van der Waals surface area contributed by atoms with Crippen molar-refractivity contribution in [1.29, 1.82) is 0 Å². The van der Waals surface area contributed by atoms with Crippen LogP contribution >= 0.6 is 0 Å². The zero-order valence-corrected chi connectivity index (χ0v) is 15.8. The van der Waals surface area contributed by atoms with Crippen LogP contribution in [0.4, 0.5) is 10.2 Å². The highest BCUT2D eigenvalue weighted by Crippen LogP contribution is 2.25. The van der Waals surface area contributed by atoms with Crippen molar-refractivity contribution >= 4 is 16.9 Å². The highest BCUT2D eigenvalue weighted by Gasteiger charge is 2.11. The van der Waals surface area contributed by atoms with Crippen LogP contribution in [-0.4, -0.2) is 34.0 Å². The van der Waals surface area contributed by atoms with E-state index in [0.29, 0.717) is 33.9 Å². The zero-order chi connectivity index (χ0) is 20.2. The molecule has 4 aromatic rings. The van der Waals surface area contributed by atoms with Crippen LogP contribution in [0.15, 0.2) is 65.2 Å². The molecule has 0 N–H and O–H groups in total. The number of halogens is 1. The van der Waals surface area contributed by atoms with Crippen LogP contribution in [0.25, 0.3) is 16.7 Å². The molecule has 146 valence electrons. The lowest BCUT2D eigenvalue weighted by atomic mass is 10.2. The van der Waals surface area contributed by atoms with Gasteiger partial charge in [-0.2, -0.15) is 10.2 Å². The molecule has 4 rings (SSSR count). The highest BCUT2D eigenvalue weighted by molar-refractivity contribution is 5.85. The Balaban J connectivity index is 1.62. The molecule has 0 aliphatic carbocycles. The van der Waals surface area contributed by atoms with Gasteiger partial charge in [0.2, 0.25) is 0 Å². The van der Waals surface area contributed by atoms with E-state index in [4.69, 9.17) is 9.47 Å². The molecule has 0 bridgehead atoms. The Morgan fingerprint density at radius 2 is 1.86 bits per heavy atom. The van der Waals surface area contributed by atoms with Gasteiger partial charge in [-0.1, -0.05) is 12.1 Å². The van der Waals surface area contributed by atoms with Gasteiger partial charge in [-0.15, -0.1) is 5.11 Å². The summed E-state index contributed by atoms with van der Waals surface area (Å²) in [5.41, 5.74) is 1.78. The summed E-state index contributed by atoms with van der Waals surface area (Å²) in [5.74, 6) is 1.12. The largest absolute Gasteiger partial charge is 0.497 e.